The fourth-order valence-corrected chi connectivity index (χ4v) is 5.48. The van der Waals surface area contributed by atoms with Crippen molar-refractivity contribution in [2.45, 2.75) is 88.0 Å². The van der Waals surface area contributed by atoms with E-state index in [9.17, 15) is 9.90 Å². The van der Waals surface area contributed by atoms with Gasteiger partial charge in [0.2, 0.25) is 0 Å². The second-order valence-corrected chi connectivity index (χ2v) is 13.3. The van der Waals surface area contributed by atoms with Crippen LogP contribution in [0.2, 0.25) is 0 Å². The van der Waals surface area contributed by atoms with Gasteiger partial charge in [-0.3, -0.25) is 4.79 Å². The third kappa shape index (κ3) is 9.21. The molecule has 1 N–H and O–H groups in total. The van der Waals surface area contributed by atoms with E-state index in [0.29, 0.717) is 20.4 Å². The molecule has 4 nitrogen and oxygen atoms in total. The van der Waals surface area contributed by atoms with Crippen LogP contribution in [0, 0.1) is 30.7 Å². The van der Waals surface area contributed by atoms with Crippen molar-refractivity contribution in [1.82, 2.24) is 4.98 Å². The Morgan fingerprint density at radius 2 is 1.73 bits per heavy atom. The maximum absolute atomic E-state index is 11.8. The molecule has 0 bridgehead atoms. The Bertz CT molecular complexity index is 1200. The van der Waals surface area contributed by atoms with Gasteiger partial charge in [-0.05, 0) is 12.8 Å². The number of aliphatic hydroxyl groups excluding tert-OH is 1. The molecule has 3 rings (SSSR count). The molecule has 0 saturated heterocycles. The van der Waals surface area contributed by atoms with Gasteiger partial charge >= 0.3 is 131 Å². The van der Waals surface area contributed by atoms with Crippen LogP contribution in [0.15, 0.2) is 42.3 Å². The smallest absolute Gasteiger partial charge is 0 e. The molecule has 0 atom stereocenters. The summed E-state index contributed by atoms with van der Waals surface area (Å²) in [6.45, 7) is 20.2. The number of rotatable bonds is 8. The van der Waals surface area contributed by atoms with Crippen LogP contribution in [0.1, 0.15) is 89.7 Å². The molecule has 0 saturated carbocycles. The number of nitrogens with zero attached hydrogens (tertiary/aromatic N) is 1. The fraction of sp³-hybridized carbons (Fsp3) is 0.484. The maximum Gasteiger partial charge on any atom is 0 e. The Morgan fingerprint density at radius 1 is 1.11 bits per heavy atom. The molecule has 0 aliphatic heterocycles. The summed E-state index contributed by atoms with van der Waals surface area (Å²) in [5.74, 6) is 2.27. The van der Waals surface area contributed by atoms with E-state index in [1.54, 1.807) is 0 Å². The van der Waals surface area contributed by atoms with Crippen LogP contribution in [0.4, 0.5) is 0 Å². The van der Waals surface area contributed by atoms with Gasteiger partial charge in [-0.15, -0.1) is 0 Å². The van der Waals surface area contributed by atoms with Crippen LogP contribution >= 0.6 is 0 Å². The minimum Gasteiger partial charge on any atom is 0 e. The molecule has 0 aliphatic carbocycles. The van der Waals surface area contributed by atoms with Crippen LogP contribution in [0.3, 0.4) is 0 Å². The van der Waals surface area contributed by atoms with Gasteiger partial charge in [0.15, 0.2) is 5.78 Å². The summed E-state index contributed by atoms with van der Waals surface area (Å²) < 4.78 is 8.78. The van der Waals surface area contributed by atoms with Crippen LogP contribution in [0.25, 0.3) is 9.65 Å². The standard InChI is InChI=1S/C18H18NOSe.C13H24O2.Ir/c1-11(2)16-10-14-5-6-19-18(17(14)21-16)20-15-8-12(3)7-13(4)9-15;1-7-12(3,4)10(14)9-11(15)13(5,6)8-2;/h5-8,10-11H,1-4H3;9,14H,7-8H2,1-6H3;/q-1;;/b;10-9-;. The van der Waals surface area contributed by atoms with E-state index in [-0.39, 0.29) is 42.5 Å². The van der Waals surface area contributed by atoms with Crippen molar-refractivity contribution in [1.29, 1.82) is 0 Å². The SMILES string of the molecule is CCC(C)(C)C(=O)/C=C(\O)C(C)(C)CC.Cc1[c-]c(Oc2nccc3cc(C(C)C)[se]c23)cc(C)c1.[Ir]. The van der Waals surface area contributed by atoms with Gasteiger partial charge in [-0.1, -0.05) is 41.5 Å². The van der Waals surface area contributed by atoms with Gasteiger partial charge in [-0.2, -0.15) is 0 Å². The number of aromatic nitrogens is 1. The van der Waals surface area contributed by atoms with Gasteiger partial charge in [-0.25, -0.2) is 0 Å². The van der Waals surface area contributed by atoms with Gasteiger partial charge in [0.1, 0.15) is 5.76 Å². The quantitative estimate of drug-likeness (QED) is 0.109. The number of benzene rings is 1. The number of hydrogen-bond acceptors (Lipinski definition) is 4. The molecule has 205 valence electrons. The molecular weight excluding hydrogens is 706 g/mol. The van der Waals surface area contributed by atoms with E-state index in [2.05, 4.69) is 50.0 Å². The van der Waals surface area contributed by atoms with E-state index in [1.807, 2.05) is 60.7 Å². The molecule has 6 heteroatoms. The van der Waals surface area contributed by atoms with Gasteiger partial charge in [0.05, 0.1) is 0 Å². The van der Waals surface area contributed by atoms with E-state index < -0.39 is 0 Å². The molecule has 0 amide bonds. The number of allylic oxidation sites excluding steroid dienone is 2. The first-order valence-corrected chi connectivity index (χ1v) is 14.4. The summed E-state index contributed by atoms with van der Waals surface area (Å²) in [6.07, 6.45) is 4.82. The normalized spacial score (nSPS) is 12.1. The Kier molecular flexibility index (Phi) is 12.5. The number of hydrogen-bond donors (Lipinski definition) is 1. The maximum atomic E-state index is 11.8. The molecule has 1 radical (unpaired) electrons. The average Bonchev–Trinajstić information content (AvgIpc) is 3.24. The Balaban J connectivity index is 0.000000384. The molecule has 37 heavy (non-hydrogen) atoms. The van der Waals surface area contributed by atoms with Gasteiger partial charge < -0.3 is 5.11 Å². The minimum absolute atomic E-state index is 0. The topological polar surface area (TPSA) is 59.4 Å². The number of aryl methyl sites for hydroxylation is 2. The van der Waals surface area contributed by atoms with Crippen LogP contribution in [-0.4, -0.2) is 30.4 Å². The van der Waals surface area contributed by atoms with E-state index in [4.69, 9.17) is 4.74 Å². The van der Waals surface area contributed by atoms with Gasteiger partial charge in [0.25, 0.3) is 0 Å². The molecule has 0 spiro atoms. The zero-order valence-electron chi connectivity index (χ0n) is 23.9. The zero-order valence-corrected chi connectivity index (χ0v) is 28.0. The number of aliphatic hydroxyl groups is 1. The van der Waals surface area contributed by atoms with Crippen LogP contribution < -0.4 is 4.74 Å². The first kappa shape index (κ1) is 33.3. The van der Waals surface area contributed by atoms with E-state index in [0.717, 1.165) is 30.0 Å². The molecule has 2 aromatic heterocycles. The number of carbonyl (C=O) groups is 1. The summed E-state index contributed by atoms with van der Waals surface area (Å²) in [6, 6.07) is 11.7. The molecule has 0 fully saturated rings. The molecular formula is C31H42IrNO3Se-. The molecule has 1 aromatic carbocycles. The molecule has 0 aliphatic rings. The van der Waals surface area contributed by atoms with Crippen LogP contribution in [-0.2, 0) is 24.9 Å². The predicted molar refractivity (Wildman–Crippen MR) is 151 cm³/mol. The van der Waals surface area contributed by atoms with Crippen molar-refractivity contribution < 1.29 is 34.7 Å². The van der Waals surface area contributed by atoms with Crippen molar-refractivity contribution >= 4 is 29.9 Å². The summed E-state index contributed by atoms with van der Waals surface area (Å²) in [4.78, 5) is 16.3. The van der Waals surface area contributed by atoms with E-state index in [1.165, 1.54) is 25.7 Å². The summed E-state index contributed by atoms with van der Waals surface area (Å²) in [5.41, 5.74) is 1.58. The molecule has 3 aromatic rings. The Morgan fingerprint density at radius 3 is 2.27 bits per heavy atom. The van der Waals surface area contributed by atoms with Crippen molar-refractivity contribution in [3.63, 3.8) is 0 Å². The minimum atomic E-state index is -0.377. The molecule has 0 unspecified atom stereocenters. The average molecular weight is 748 g/mol. The predicted octanol–water partition coefficient (Wildman–Crippen LogP) is 8.49. The monoisotopic (exact) mass is 749 g/mol. The number of fused-ring (bicyclic) bond motifs is 1. The number of ether oxygens (including phenoxy) is 1. The van der Waals surface area contributed by atoms with Crippen molar-refractivity contribution in [2.75, 3.05) is 0 Å². The third-order valence-corrected chi connectivity index (χ3v) is 9.73. The summed E-state index contributed by atoms with van der Waals surface area (Å²) in [5, 5.41) is 11.1. The van der Waals surface area contributed by atoms with Crippen LogP contribution in [0.5, 0.6) is 11.6 Å². The number of ketones is 1. The summed E-state index contributed by atoms with van der Waals surface area (Å²) in [7, 11) is 0. The molecule has 2 heterocycles. The first-order valence-electron chi connectivity index (χ1n) is 12.7. The van der Waals surface area contributed by atoms with Crippen molar-refractivity contribution in [3.8, 4) is 11.6 Å². The third-order valence-electron chi connectivity index (χ3n) is 6.71. The second kappa shape index (κ2) is 13.9. The van der Waals surface area contributed by atoms with Crippen molar-refractivity contribution in [2.24, 2.45) is 10.8 Å². The van der Waals surface area contributed by atoms with E-state index >= 15 is 0 Å². The zero-order chi connectivity index (χ0) is 27.3. The Labute approximate surface area is 243 Å². The van der Waals surface area contributed by atoms with Crippen molar-refractivity contribution in [3.05, 3.63) is 63.9 Å². The Hall–Kier alpha value is -1.71. The van der Waals surface area contributed by atoms with Gasteiger partial charge in [0, 0.05) is 37.0 Å². The number of pyridine rings is 1. The first-order chi connectivity index (χ1) is 16.7. The second-order valence-electron chi connectivity index (χ2n) is 11.0. The fourth-order valence-electron chi connectivity index (χ4n) is 3.20. The number of carbonyl (C=O) groups excluding carboxylic acids is 1. The largest absolute Gasteiger partial charge is 0 e. The summed E-state index contributed by atoms with van der Waals surface area (Å²) >= 11 is 0.311.